The Kier molecular flexibility index (Phi) is 22.8. The van der Waals surface area contributed by atoms with E-state index in [2.05, 4.69) is 4.84 Å². The van der Waals surface area contributed by atoms with Crippen LogP contribution >= 0.6 is 0 Å². The summed E-state index contributed by atoms with van der Waals surface area (Å²) in [7, 11) is -4.81. The Bertz CT molecular complexity index is 1340. The summed E-state index contributed by atoms with van der Waals surface area (Å²) in [6.45, 7) is -0.351. The van der Waals surface area contributed by atoms with Crippen LogP contribution in [0.5, 0.6) is 0 Å². The zero-order valence-electron chi connectivity index (χ0n) is 30.4. The van der Waals surface area contributed by atoms with Crippen LogP contribution in [0.15, 0.2) is 0 Å². The molecule has 27 heteroatoms. The molecule has 3 aliphatic heterocycles. The second-order valence-electron chi connectivity index (χ2n) is 12.2. The topological polar surface area (TPSA) is 391 Å². The van der Waals surface area contributed by atoms with Gasteiger partial charge in [-0.05, 0) is 0 Å². The van der Waals surface area contributed by atoms with Crippen LogP contribution in [0.4, 0.5) is 0 Å². The Morgan fingerprint density at radius 1 is 0.632 bits per heavy atom. The van der Waals surface area contributed by atoms with Gasteiger partial charge in [0.1, 0.15) is 48.8 Å². The Hall–Kier alpha value is -2.65. The molecule has 0 spiro atoms. The van der Waals surface area contributed by atoms with Gasteiger partial charge in [-0.2, -0.15) is 8.42 Å². The summed E-state index contributed by atoms with van der Waals surface area (Å²) >= 11 is 0. The summed E-state index contributed by atoms with van der Waals surface area (Å²) in [6, 6.07) is 0. The first-order valence-corrected chi connectivity index (χ1v) is 18.9. The first-order chi connectivity index (χ1) is 26.9. The number of aliphatic carboxylic acids is 1. The number of rotatable bonds is 24. The van der Waals surface area contributed by atoms with Crippen LogP contribution in [0.3, 0.4) is 0 Å². The maximum atomic E-state index is 11.8. The standard InChI is InChI=1S/C17H27NO15S.C13H24O10/c19-8-9-13(22)14(23)15(24)17(32-9)31-6-5-30-4-3-29-2-1-12(21)33-18-11(20)7-10(16(18)25)34(26,27)28;14-7-8-10(17)11(18)12(19)13(23-8)22-6-5-21-4-3-20-2-1-9(15)16/h9-10,13-15,17,19,22-24H,1-8H2,(H,26,27,28);8,10-14,17-19H,1-7H2,(H,15,16)/t9?,10?,13?,14-,15?,17-;8?,10?,11-,12?,13-/m11/s1. The molecule has 2 amide bonds. The molecule has 0 aliphatic carbocycles. The zero-order valence-corrected chi connectivity index (χ0v) is 31.2. The zero-order chi connectivity index (χ0) is 42.7. The van der Waals surface area contributed by atoms with Crippen molar-refractivity contribution >= 4 is 33.9 Å². The van der Waals surface area contributed by atoms with Crippen molar-refractivity contribution in [1.82, 2.24) is 5.06 Å². The summed E-state index contributed by atoms with van der Waals surface area (Å²) in [6.07, 6.45) is -14.7. The van der Waals surface area contributed by atoms with Gasteiger partial charge in [-0.3, -0.25) is 18.9 Å². The largest absolute Gasteiger partial charge is 0.481 e. The van der Waals surface area contributed by atoms with Crippen molar-refractivity contribution in [3.05, 3.63) is 0 Å². The van der Waals surface area contributed by atoms with Gasteiger partial charge in [-0.25, -0.2) is 4.79 Å². The number of aliphatic hydroxyl groups is 8. The van der Waals surface area contributed by atoms with Crippen molar-refractivity contribution in [1.29, 1.82) is 0 Å². The number of amides is 2. The molecule has 0 aromatic carbocycles. The van der Waals surface area contributed by atoms with E-state index < -0.39 is 120 Å². The fourth-order valence-electron chi connectivity index (χ4n) is 4.87. The number of hydrogen-bond donors (Lipinski definition) is 10. The second-order valence-corrected chi connectivity index (χ2v) is 13.8. The lowest BCUT2D eigenvalue weighted by molar-refractivity contribution is -0.302. The fourth-order valence-corrected chi connectivity index (χ4v) is 5.58. The molecule has 0 radical (unpaired) electrons. The minimum Gasteiger partial charge on any atom is -0.481 e. The number of carboxylic acids is 1. The highest BCUT2D eigenvalue weighted by atomic mass is 32.2. The third-order valence-corrected chi connectivity index (χ3v) is 9.07. The molecule has 26 nitrogen and oxygen atoms in total. The van der Waals surface area contributed by atoms with E-state index in [1.807, 2.05) is 0 Å². The van der Waals surface area contributed by atoms with E-state index in [1.54, 1.807) is 0 Å². The molecule has 10 N–H and O–H groups in total. The summed E-state index contributed by atoms with van der Waals surface area (Å²) in [5.41, 5.74) is 0. The van der Waals surface area contributed by atoms with Gasteiger partial charge < -0.3 is 88.7 Å². The lowest BCUT2D eigenvalue weighted by atomic mass is 9.99. The van der Waals surface area contributed by atoms with Crippen LogP contribution in [0, 0.1) is 0 Å². The van der Waals surface area contributed by atoms with E-state index >= 15 is 0 Å². The monoisotopic (exact) mass is 857 g/mol. The minimum absolute atomic E-state index is 0.000681. The molecule has 332 valence electrons. The van der Waals surface area contributed by atoms with Crippen molar-refractivity contribution < 1.29 is 121 Å². The molecular formula is C30H51NO25S. The van der Waals surface area contributed by atoms with E-state index in [9.17, 15) is 58.2 Å². The van der Waals surface area contributed by atoms with Gasteiger partial charge >= 0.3 is 11.9 Å². The first kappa shape index (κ1) is 50.5. The van der Waals surface area contributed by atoms with Crippen LogP contribution in [-0.2, 0) is 72.0 Å². The molecule has 3 heterocycles. The number of carbonyl (C=O) groups excluding carboxylic acids is 3. The lowest BCUT2D eigenvalue weighted by Crippen LogP contribution is -2.59. The minimum atomic E-state index is -4.81. The van der Waals surface area contributed by atoms with Crippen molar-refractivity contribution in [2.45, 2.75) is 85.9 Å². The van der Waals surface area contributed by atoms with Crippen molar-refractivity contribution in [2.24, 2.45) is 0 Å². The highest BCUT2D eigenvalue weighted by molar-refractivity contribution is 7.87. The van der Waals surface area contributed by atoms with Crippen LogP contribution < -0.4 is 0 Å². The Balaban J connectivity index is 0.000000425. The van der Waals surface area contributed by atoms with Gasteiger partial charge in [0.2, 0.25) is 0 Å². The quantitative estimate of drug-likeness (QED) is 0.0245. The molecule has 0 aromatic rings. The Morgan fingerprint density at radius 2 is 1.04 bits per heavy atom. The van der Waals surface area contributed by atoms with Crippen LogP contribution in [0.1, 0.15) is 19.3 Å². The predicted octanol–water partition coefficient (Wildman–Crippen LogP) is -6.99. The summed E-state index contributed by atoms with van der Waals surface area (Å²) in [5, 5.41) is 82.5. The van der Waals surface area contributed by atoms with E-state index in [-0.39, 0.29) is 84.0 Å². The molecule has 3 aliphatic rings. The molecule has 0 bridgehead atoms. The van der Waals surface area contributed by atoms with Crippen molar-refractivity contribution in [3.63, 3.8) is 0 Å². The molecule has 7 unspecified atom stereocenters. The van der Waals surface area contributed by atoms with Gasteiger partial charge in [-0.1, -0.05) is 0 Å². The average Bonchev–Trinajstić information content (AvgIpc) is 3.45. The SMILES string of the molecule is O=C(CCOCCOCCO[C@@H]1OC(CO)C(O)[C@@H](O)C1O)ON1C(=O)CC(S(=O)(=O)O)C1=O.O=C(O)CCOCCOCCO[C@@H]1OC(CO)C(O)[C@@H](O)C1O. The molecule has 3 fully saturated rings. The maximum absolute atomic E-state index is 11.8. The molecular weight excluding hydrogens is 806 g/mol. The average molecular weight is 858 g/mol. The summed E-state index contributed by atoms with van der Waals surface area (Å²) in [5.74, 6) is -4.41. The second kappa shape index (κ2) is 25.8. The third-order valence-electron chi connectivity index (χ3n) is 7.99. The predicted molar refractivity (Wildman–Crippen MR) is 177 cm³/mol. The number of aliphatic hydroxyl groups excluding tert-OH is 8. The molecule has 0 aromatic heterocycles. The third kappa shape index (κ3) is 16.9. The fraction of sp³-hybridized carbons (Fsp3) is 0.867. The van der Waals surface area contributed by atoms with Crippen LogP contribution in [-0.4, -0.2) is 234 Å². The highest BCUT2D eigenvalue weighted by Crippen LogP contribution is 2.23. The van der Waals surface area contributed by atoms with Crippen molar-refractivity contribution in [3.8, 4) is 0 Å². The van der Waals surface area contributed by atoms with Gasteiger partial charge in [0, 0.05) is 0 Å². The van der Waals surface area contributed by atoms with Gasteiger partial charge in [-0.15, -0.1) is 5.06 Å². The number of carbonyl (C=O) groups is 4. The first-order valence-electron chi connectivity index (χ1n) is 17.3. The lowest BCUT2D eigenvalue weighted by Gasteiger charge is -2.39. The molecule has 0 saturated carbocycles. The van der Waals surface area contributed by atoms with E-state index in [1.165, 1.54) is 0 Å². The van der Waals surface area contributed by atoms with Crippen LogP contribution in [0.25, 0.3) is 0 Å². The molecule has 11 atom stereocenters. The number of imide groups is 1. The molecule has 3 rings (SSSR count). The van der Waals surface area contributed by atoms with E-state index in [4.69, 9.17) is 57.8 Å². The summed E-state index contributed by atoms with van der Waals surface area (Å²) in [4.78, 5) is 49.8. The highest BCUT2D eigenvalue weighted by Gasteiger charge is 2.48. The number of nitrogens with zero attached hydrogens (tertiary/aromatic N) is 1. The number of carboxylic acid groups (broad SMARTS) is 1. The number of hydrogen-bond acceptors (Lipinski definition) is 23. The number of ether oxygens (including phenoxy) is 8. The Labute approximate surface area is 324 Å². The summed E-state index contributed by atoms with van der Waals surface area (Å²) < 4.78 is 72.2. The maximum Gasteiger partial charge on any atom is 0.335 e. The van der Waals surface area contributed by atoms with Crippen LogP contribution in [0.2, 0.25) is 0 Å². The van der Waals surface area contributed by atoms with Crippen molar-refractivity contribution in [2.75, 3.05) is 79.3 Å². The molecule has 3 saturated heterocycles. The Morgan fingerprint density at radius 3 is 1.42 bits per heavy atom. The normalized spacial score (nSPS) is 30.5. The smallest absolute Gasteiger partial charge is 0.335 e. The number of hydroxylamine groups is 2. The molecule has 57 heavy (non-hydrogen) atoms. The van der Waals surface area contributed by atoms with Gasteiger partial charge in [0.05, 0.1) is 98.5 Å². The van der Waals surface area contributed by atoms with Gasteiger partial charge in [0.15, 0.2) is 17.8 Å². The van der Waals surface area contributed by atoms with E-state index in [0.29, 0.717) is 0 Å². The van der Waals surface area contributed by atoms with Gasteiger partial charge in [0.25, 0.3) is 21.9 Å². The van der Waals surface area contributed by atoms with E-state index in [0.717, 1.165) is 0 Å².